The second kappa shape index (κ2) is 9.18. The number of carbonyl (C=O) groups is 3. The van der Waals surface area contributed by atoms with E-state index < -0.39 is 6.29 Å². The van der Waals surface area contributed by atoms with Crippen molar-refractivity contribution in [2.75, 3.05) is 13.2 Å². The number of ether oxygens (including phenoxy) is 2. The van der Waals surface area contributed by atoms with Gasteiger partial charge in [0.15, 0.2) is 6.29 Å². The van der Waals surface area contributed by atoms with E-state index in [0.717, 1.165) is 44.9 Å². The van der Waals surface area contributed by atoms with Gasteiger partial charge in [0.25, 0.3) is 0 Å². The van der Waals surface area contributed by atoms with Crippen LogP contribution >= 0.6 is 0 Å². The molecule has 0 aromatic heterocycles. The number of fused-ring (bicyclic) bond motifs is 5. The van der Waals surface area contributed by atoms with Crippen LogP contribution in [0.4, 0.5) is 0 Å². The summed E-state index contributed by atoms with van der Waals surface area (Å²) >= 11 is 0. The van der Waals surface area contributed by atoms with Crippen LogP contribution in [0.5, 0.6) is 0 Å². The number of carbonyl (C=O) groups excluding carboxylic acids is 3. The molecule has 152 valence electrons. The minimum atomic E-state index is -0.501. The van der Waals surface area contributed by atoms with Crippen LogP contribution in [0.3, 0.4) is 0 Å². The number of likely N-dealkylation sites (tertiary alicyclic amines) is 1. The molecule has 1 aliphatic heterocycles. The molecule has 0 aromatic rings. The molecule has 1 saturated heterocycles. The van der Waals surface area contributed by atoms with E-state index >= 15 is 0 Å². The first-order valence-corrected chi connectivity index (χ1v) is 10.7. The maximum absolute atomic E-state index is 12.6. The van der Waals surface area contributed by atoms with Gasteiger partial charge in [-0.05, 0) is 57.3 Å². The van der Waals surface area contributed by atoms with Gasteiger partial charge in [-0.3, -0.25) is 19.3 Å². The molecule has 2 aliphatic carbocycles. The third-order valence-electron chi connectivity index (χ3n) is 6.43. The lowest BCUT2D eigenvalue weighted by Gasteiger charge is -2.19. The van der Waals surface area contributed by atoms with Crippen LogP contribution in [0, 0.1) is 23.7 Å². The van der Waals surface area contributed by atoms with Crippen molar-refractivity contribution in [2.45, 2.75) is 77.9 Å². The van der Waals surface area contributed by atoms with Crippen LogP contribution in [0.2, 0.25) is 0 Å². The van der Waals surface area contributed by atoms with E-state index in [1.165, 1.54) is 4.90 Å². The van der Waals surface area contributed by atoms with Gasteiger partial charge in [-0.1, -0.05) is 19.8 Å². The van der Waals surface area contributed by atoms with Gasteiger partial charge in [0, 0.05) is 13.0 Å². The number of hydrogen-bond acceptors (Lipinski definition) is 5. The van der Waals surface area contributed by atoms with E-state index in [1.54, 1.807) is 6.92 Å². The highest BCUT2D eigenvalue weighted by Crippen LogP contribution is 2.56. The smallest absolute Gasteiger partial charge is 0.308 e. The number of esters is 1. The number of rotatable bonds is 11. The number of hydrogen-bond donors (Lipinski definition) is 0. The summed E-state index contributed by atoms with van der Waals surface area (Å²) in [6.07, 6.45) is 7.41. The van der Waals surface area contributed by atoms with Gasteiger partial charge in [-0.25, -0.2) is 0 Å². The molecule has 0 spiro atoms. The summed E-state index contributed by atoms with van der Waals surface area (Å²) in [6, 6.07) is 0. The predicted octanol–water partition coefficient (Wildman–Crippen LogP) is 3.28. The average Bonchev–Trinajstić information content (AvgIpc) is 3.30. The molecule has 2 bridgehead atoms. The SMILES string of the molecule is CCCCOC(C)OC(=O)CCCCCN1C(=O)C2C3CCC(C3)C2C1=O. The predicted molar refractivity (Wildman–Crippen MR) is 99.4 cm³/mol. The van der Waals surface area contributed by atoms with E-state index in [1.807, 2.05) is 0 Å². The third kappa shape index (κ3) is 4.53. The van der Waals surface area contributed by atoms with Crippen molar-refractivity contribution in [1.82, 2.24) is 4.90 Å². The average molecular weight is 379 g/mol. The van der Waals surface area contributed by atoms with E-state index in [4.69, 9.17) is 9.47 Å². The molecule has 5 unspecified atom stereocenters. The second-order valence-electron chi connectivity index (χ2n) is 8.31. The highest BCUT2D eigenvalue weighted by Gasteiger charge is 2.60. The summed E-state index contributed by atoms with van der Waals surface area (Å²) in [4.78, 5) is 38.5. The van der Waals surface area contributed by atoms with Gasteiger partial charge >= 0.3 is 5.97 Å². The molecule has 2 amide bonds. The lowest BCUT2D eigenvalue weighted by atomic mass is 9.81. The zero-order valence-electron chi connectivity index (χ0n) is 16.7. The molecule has 0 N–H and O–H groups in total. The summed E-state index contributed by atoms with van der Waals surface area (Å²) in [5.74, 6) is 0.708. The molecule has 1 heterocycles. The van der Waals surface area contributed by atoms with Gasteiger partial charge in [-0.2, -0.15) is 0 Å². The number of amides is 2. The van der Waals surface area contributed by atoms with Gasteiger partial charge in [0.2, 0.25) is 11.8 Å². The molecule has 3 rings (SSSR count). The number of imide groups is 1. The van der Waals surface area contributed by atoms with Gasteiger partial charge in [-0.15, -0.1) is 0 Å². The Morgan fingerprint density at radius 2 is 1.74 bits per heavy atom. The van der Waals surface area contributed by atoms with Crippen LogP contribution in [-0.2, 0) is 23.9 Å². The Hall–Kier alpha value is -1.43. The maximum atomic E-state index is 12.6. The highest BCUT2D eigenvalue weighted by atomic mass is 16.7. The van der Waals surface area contributed by atoms with Crippen molar-refractivity contribution in [1.29, 1.82) is 0 Å². The zero-order valence-corrected chi connectivity index (χ0v) is 16.7. The van der Waals surface area contributed by atoms with Gasteiger partial charge in [0.1, 0.15) is 0 Å². The van der Waals surface area contributed by atoms with Crippen molar-refractivity contribution in [2.24, 2.45) is 23.7 Å². The Balaban J connectivity index is 1.30. The maximum Gasteiger partial charge on any atom is 0.308 e. The third-order valence-corrected chi connectivity index (χ3v) is 6.43. The minimum absolute atomic E-state index is 0.0274. The van der Waals surface area contributed by atoms with E-state index in [9.17, 15) is 14.4 Å². The first-order chi connectivity index (χ1) is 13.0. The molecule has 0 radical (unpaired) electrons. The molecule has 3 fully saturated rings. The second-order valence-corrected chi connectivity index (χ2v) is 8.31. The Morgan fingerprint density at radius 1 is 1.07 bits per heavy atom. The molecule has 2 saturated carbocycles. The van der Waals surface area contributed by atoms with Crippen molar-refractivity contribution in [3.8, 4) is 0 Å². The van der Waals surface area contributed by atoms with Crippen LogP contribution in [0.25, 0.3) is 0 Å². The fraction of sp³-hybridized carbons (Fsp3) is 0.857. The standard InChI is InChI=1S/C21H33NO5/c1-3-4-12-26-14(2)27-17(23)8-6-5-7-11-22-20(24)18-15-9-10-16(13-15)19(18)21(22)25/h14-16,18-19H,3-13H2,1-2H3. The fourth-order valence-corrected chi connectivity index (χ4v) is 5.08. The first-order valence-electron chi connectivity index (χ1n) is 10.7. The van der Waals surface area contributed by atoms with Crippen LogP contribution < -0.4 is 0 Å². The van der Waals surface area contributed by atoms with E-state index in [-0.39, 0.29) is 29.6 Å². The molecular weight excluding hydrogens is 346 g/mol. The topological polar surface area (TPSA) is 72.9 Å². The number of unbranched alkanes of at least 4 members (excludes halogenated alkanes) is 3. The van der Waals surface area contributed by atoms with Crippen molar-refractivity contribution in [3.05, 3.63) is 0 Å². The molecular formula is C21H33NO5. The van der Waals surface area contributed by atoms with E-state index in [0.29, 0.717) is 37.8 Å². The summed E-state index contributed by atoms with van der Waals surface area (Å²) in [5.41, 5.74) is 0. The van der Waals surface area contributed by atoms with Crippen LogP contribution in [0.15, 0.2) is 0 Å². The zero-order chi connectivity index (χ0) is 19.4. The van der Waals surface area contributed by atoms with Crippen molar-refractivity contribution >= 4 is 17.8 Å². The lowest BCUT2D eigenvalue weighted by molar-refractivity contribution is -0.175. The summed E-state index contributed by atoms with van der Waals surface area (Å²) in [6.45, 7) is 4.92. The van der Waals surface area contributed by atoms with Gasteiger partial charge in [0.05, 0.1) is 18.4 Å². The van der Waals surface area contributed by atoms with Crippen LogP contribution in [-0.4, -0.2) is 42.1 Å². The Morgan fingerprint density at radius 3 is 2.37 bits per heavy atom. The Bertz CT molecular complexity index is 535. The van der Waals surface area contributed by atoms with E-state index in [2.05, 4.69) is 6.92 Å². The molecule has 6 heteroatoms. The molecule has 0 aromatic carbocycles. The summed E-state index contributed by atoms with van der Waals surface area (Å²) in [5, 5.41) is 0. The normalized spacial score (nSPS) is 30.1. The minimum Gasteiger partial charge on any atom is -0.436 e. The first kappa shape index (κ1) is 20.3. The summed E-state index contributed by atoms with van der Waals surface area (Å²) < 4.78 is 10.6. The highest BCUT2D eigenvalue weighted by molar-refractivity contribution is 6.06. The fourth-order valence-electron chi connectivity index (χ4n) is 5.08. The quantitative estimate of drug-likeness (QED) is 0.238. The molecule has 27 heavy (non-hydrogen) atoms. The monoisotopic (exact) mass is 379 g/mol. The van der Waals surface area contributed by atoms with Crippen LogP contribution in [0.1, 0.15) is 71.6 Å². The Kier molecular flexibility index (Phi) is 6.90. The molecule has 3 aliphatic rings. The van der Waals surface area contributed by atoms with Crippen molar-refractivity contribution < 1.29 is 23.9 Å². The largest absolute Gasteiger partial charge is 0.436 e. The summed E-state index contributed by atoms with van der Waals surface area (Å²) in [7, 11) is 0. The molecule has 5 atom stereocenters. The Labute approximate surface area is 161 Å². The van der Waals surface area contributed by atoms with Crippen molar-refractivity contribution in [3.63, 3.8) is 0 Å². The van der Waals surface area contributed by atoms with Gasteiger partial charge < -0.3 is 9.47 Å². The molecule has 6 nitrogen and oxygen atoms in total. The lowest BCUT2D eigenvalue weighted by Crippen LogP contribution is -2.33. The number of nitrogens with zero attached hydrogens (tertiary/aromatic N) is 1.